The highest BCUT2D eigenvalue weighted by atomic mass is 32.2. The van der Waals surface area contributed by atoms with Crippen molar-refractivity contribution in [3.05, 3.63) is 23.3 Å². The molecule has 0 spiro atoms. The second kappa shape index (κ2) is 5.41. The number of aryl methyl sites for hydroxylation is 2. The van der Waals surface area contributed by atoms with Crippen LogP contribution in [0.3, 0.4) is 0 Å². The molecule has 1 amide bonds. The van der Waals surface area contributed by atoms with E-state index in [1.807, 2.05) is 0 Å². The van der Waals surface area contributed by atoms with E-state index in [-0.39, 0.29) is 29.2 Å². The molecule has 0 aliphatic heterocycles. The molecule has 6 nitrogen and oxygen atoms in total. The Morgan fingerprint density at radius 2 is 2.05 bits per heavy atom. The Bertz CT molecular complexity index is 636. The van der Waals surface area contributed by atoms with Crippen molar-refractivity contribution in [1.29, 1.82) is 0 Å². The molecule has 1 fully saturated rings. The van der Waals surface area contributed by atoms with Crippen LogP contribution < -0.4 is 15.2 Å². The topological polar surface area (TPSA) is 98.5 Å². The number of ether oxygens (including phenoxy) is 1. The van der Waals surface area contributed by atoms with Crippen LogP contribution in [0, 0.1) is 13.8 Å². The molecule has 20 heavy (non-hydrogen) atoms. The van der Waals surface area contributed by atoms with Gasteiger partial charge in [-0.1, -0.05) is 6.07 Å². The number of hydrogen-bond acceptors (Lipinski definition) is 4. The summed E-state index contributed by atoms with van der Waals surface area (Å²) in [6.07, 6.45) is 1.97. The summed E-state index contributed by atoms with van der Waals surface area (Å²) in [5, 5.41) is 7.95. The highest BCUT2D eigenvalue weighted by molar-refractivity contribution is 7.89. The Labute approximate surface area is 118 Å². The first-order valence-electron chi connectivity index (χ1n) is 6.33. The third-order valence-corrected chi connectivity index (χ3v) is 3.90. The van der Waals surface area contributed by atoms with Gasteiger partial charge in [-0.3, -0.25) is 4.79 Å². The minimum absolute atomic E-state index is 0.0887. The van der Waals surface area contributed by atoms with Gasteiger partial charge in [0.15, 0.2) is 6.61 Å². The van der Waals surface area contributed by atoms with Gasteiger partial charge in [0, 0.05) is 6.04 Å². The second-order valence-electron chi connectivity index (χ2n) is 5.08. The third kappa shape index (κ3) is 3.71. The summed E-state index contributed by atoms with van der Waals surface area (Å²) in [6, 6.07) is 3.46. The molecule has 1 aliphatic carbocycles. The first-order valence-corrected chi connectivity index (χ1v) is 7.88. The van der Waals surface area contributed by atoms with Crippen LogP contribution in [0.2, 0.25) is 0 Å². The first kappa shape index (κ1) is 14.8. The maximum absolute atomic E-state index is 11.6. The summed E-state index contributed by atoms with van der Waals surface area (Å²) >= 11 is 0. The SMILES string of the molecule is Cc1cc(C)c(OCC(=O)NC2CC2)c(S(N)(=O)=O)c1. The normalized spacial score (nSPS) is 14.9. The number of benzene rings is 1. The van der Waals surface area contributed by atoms with Crippen LogP contribution in [0.4, 0.5) is 0 Å². The fraction of sp³-hybridized carbons (Fsp3) is 0.462. The van der Waals surface area contributed by atoms with E-state index in [9.17, 15) is 13.2 Å². The number of rotatable bonds is 5. The van der Waals surface area contributed by atoms with Gasteiger partial charge in [0.2, 0.25) is 10.0 Å². The molecule has 3 N–H and O–H groups in total. The maximum Gasteiger partial charge on any atom is 0.258 e. The molecule has 1 aromatic carbocycles. The van der Waals surface area contributed by atoms with Gasteiger partial charge in [-0.25, -0.2) is 13.6 Å². The lowest BCUT2D eigenvalue weighted by atomic mass is 10.1. The smallest absolute Gasteiger partial charge is 0.258 e. The van der Waals surface area contributed by atoms with Crippen LogP contribution in [0.25, 0.3) is 0 Å². The monoisotopic (exact) mass is 298 g/mol. The predicted molar refractivity (Wildman–Crippen MR) is 73.9 cm³/mol. The maximum atomic E-state index is 11.6. The highest BCUT2D eigenvalue weighted by Crippen LogP contribution is 2.28. The zero-order valence-corrected chi connectivity index (χ0v) is 12.3. The molecule has 7 heteroatoms. The lowest BCUT2D eigenvalue weighted by Gasteiger charge is -2.14. The van der Waals surface area contributed by atoms with E-state index < -0.39 is 10.0 Å². The number of carbonyl (C=O) groups is 1. The Hall–Kier alpha value is -1.60. The van der Waals surface area contributed by atoms with Crippen LogP contribution in [0.5, 0.6) is 5.75 Å². The van der Waals surface area contributed by atoms with Gasteiger partial charge in [-0.2, -0.15) is 0 Å². The fourth-order valence-electron chi connectivity index (χ4n) is 1.95. The Morgan fingerprint density at radius 3 is 2.60 bits per heavy atom. The second-order valence-corrected chi connectivity index (χ2v) is 6.61. The van der Waals surface area contributed by atoms with Crippen molar-refractivity contribution in [2.24, 2.45) is 5.14 Å². The van der Waals surface area contributed by atoms with Gasteiger partial charge in [-0.15, -0.1) is 0 Å². The predicted octanol–water partition coefficient (Wildman–Crippen LogP) is 0.608. The largest absolute Gasteiger partial charge is 0.482 e. The molecule has 0 heterocycles. The summed E-state index contributed by atoms with van der Waals surface area (Å²) in [7, 11) is -3.89. The molecule has 1 saturated carbocycles. The lowest BCUT2D eigenvalue weighted by molar-refractivity contribution is -0.123. The number of nitrogens with one attached hydrogen (secondary N) is 1. The summed E-state index contributed by atoms with van der Waals surface area (Å²) in [4.78, 5) is 11.5. The molecule has 0 aromatic heterocycles. The molecule has 0 atom stereocenters. The third-order valence-electron chi connectivity index (χ3n) is 2.98. The molecule has 110 valence electrons. The quantitative estimate of drug-likeness (QED) is 0.832. The number of nitrogens with two attached hydrogens (primary N) is 1. The van der Waals surface area contributed by atoms with E-state index in [1.54, 1.807) is 19.9 Å². The Kier molecular flexibility index (Phi) is 4.01. The van der Waals surface area contributed by atoms with E-state index in [1.165, 1.54) is 6.07 Å². The van der Waals surface area contributed by atoms with Crippen molar-refractivity contribution < 1.29 is 17.9 Å². The van der Waals surface area contributed by atoms with Crippen LogP contribution >= 0.6 is 0 Å². The van der Waals surface area contributed by atoms with E-state index in [0.717, 1.165) is 18.4 Å². The summed E-state index contributed by atoms with van der Waals surface area (Å²) in [5.74, 6) is -0.114. The molecule has 2 rings (SSSR count). The Morgan fingerprint density at radius 1 is 1.40 bits per heavy atom. The van der Waals surface area contributed by atoms with Crippen molar-refractivity contribution in [2.75, 3.05) is 6.61 Å². The van der Waals surface area contributed by atoms with Gasteiger partial charge in [0.1, 0.15) is 10.6 Å². The van der Waals surface area contributed by atoms with E-state index in [0.29, 0.717) is 5.56 Å². The molecular weight excluding hydrogens is 280 g/mol. The summed E-state index contributed by atoms with van der Waals surface area (Å²) < 4.78 is 28.5. The van der Waals surface area contributed by atoms with Gasteiger partial charge in [0.25, 0.3) is 5.91 Å². The molecule has 0 saturated heterocycles. The molecule has 1 aromatic rings. The number of carbonyl (C=O) groups excluding carboxylic acids is 1. The molecule has 0 bridgehead atoms. The highest BCUT2D eigenvalue weighted by Gasteiger charge is 2.24. The zero-order valence-electron chi connectivity index (χ0n) is 11.5. The Balaban J connectivity index is 2.19. The molecule has 0 unspecified atom stereocenters. The van der Waals surface area contributed by atoms with Crippen LogP contribution in [-0.4, -0.2) is 27.0 Å². The van der Waals surface area contributed by atoms with Crippen LogP contribution in [0.15, 0.2) is 17.0 Å². The number of amides is 1. The lowest BCUT2D eigenvalue weighted by Crippen LogP contribution is -2.31. The van der Waals surface area contributed by atoms with E-state index >= 15 is 0 Å². The van der Waals surface area contributed by atoms with Crippen molar-refractivity contribution in [3.63, 3.8) is 0 Å². The van der Waals surface area contributed by atoms with E-state index in [2.05, 4.69) is 5.32 Å². The molecular formula is C13H18N2O4S. The van der Waals surface area contributed by atoms with Crippen molar-refractivity contribution in [2.45, 2.75) is 37.6 Å². The summed E-state index contributed by atoms with van der Waals surface area (Å²) in [5.41, 5.74) is 1.40. The van der Waals surface area contributed by atoms with E-state index in [4.69, 9.17) is 9.88 Å². The van der Waals surface area contributed by atoms with Crippen molar-refractivity contribution >= 4 is 15.9 Å². The van der Waals surface area contributed by atoms with Crippen molar-refractivity contribution in [3.8, 4) is 5.75 Å². The minimum Gasteiger partial charge on any atom is -0.482 e. The molecule has 0 radical (unpaired) electrons. The van der Waals surface area contributed by atoms with Crippen LogP contribution in [-0.2, 0) is 14.8 Å². The number of hydrogen-bond donors (Lipinski definition) is 2. The molecule has 1 aliphatic rings. The van der Waals surface area contributed by atoms with Gasteiger partial charge >= 0.3 is 0 Å². The average Bonchev–Trinajstić information content (AvgIpc) is 3.09. The average molecular weight is 298 g/mol. The van der Waals surface area contributed by atoms with Gasteiger partial charge in [-0.05, 0) is 43.9 Å². The zero-order chi connectivity index (χ0) is 14.9. The van der Waals surface area contributed by atoms with Gasteiger partial charge in [0.05, 0.1) is 0 Å². The van der Waals surface area contributed by atoms with Gasteiger partial charge < -0.3 is 10.1 Å². The number of sulfonamides is 1. The standard InChI is InChI=1S/C13H18N2O4S/c1-8-5-9(2)13(11(6-8)20(14,17)18)19-7-12(16)15-10-3-4-10/h5-6,10H,3-4,7H2,1-2H3,(H,15,16)(H2,14,17,18). The first-order chi connectivity index (χ1) is 9.27. The van der Waals surface area contributed by atoms with Crippen molar-refractivity contribution in [1.82, 2.24) is 5.32 Å². The fourth-order valence-corrected chi connectivity index (χ4v) is 2.77. The summed E-state index contributed by atoms with van der Waals surface area (Å²) in [6.45, 7) is 3.27. The minimum atomic E-state index is -3.89. The van der Waals surface area contributed by atoms with Crippen LogP contribution in [0.1, 0.15) is 24.0 Å². The number of primary sulfonamides is 1.